The normalized spacial score (nSPS) is 15.3. The molecule has 0 amide bonds. The second-order valence-electron chi connectivity index (χ2n) is 2.43. The minimum Gasteiger partial charge on any atom is -0.343 e. The maximum atomic E-state index is 9.92. The van der Waals surface area contributed by atoms with Gasteiger partial charge in [-0.3, -0.25) is 0 Å². The van der Waals surface area contributed by atoms with E-state index in [4.69, 9.17) is 15.3 Å². The van der Waals surface area contributed by atoms with Gasteiger partial charge in [0.25, 0.3) is 5.97 Å². The SMILES string of the molecule is CC(CCC[O])C(O)(O)O. The first-order valence-corrected chi connectivity index (χ1v) is 3.23. The van der Waals surface area contributed by atoms with E-state index in [0.717, 1.165) is 0 Å². The molecule has 0 rings (SSSR count). The fraction of sp³-hybridized carbons (Fsp3) is 1.00. The summed E-state index contributed by atoms with van der Waals surface area (Å²) in [6, 6.07) is 0. The molecule has 4 nitrogen and oxygen atoms in total. The van der Waals surface area contributed by atoms with Crippen molar-refractivity contribution < 1.29 is 20.4 Å². The van der Waals surface area contributed by atoms with Crippen LogP contribution in [0.3, 0.4) is 0 Å². The van der Waals surface area contributed by atoms with Gasteiger partial charge in [0.1, 0.15) is 0 Å². The Labute approximate surface area is 59.7 Å². The van der Waals surface area contributed by atoms with Crippen LogP contribution in [0, 0.1) is 5.92 Å². The Bertz CT molecular complexity index is 86.2. The van der Waals surface area contributed by atoms with Crippen molar-refractivity contribution in [2.75, 3.05) is 6.61 Å². The van der Waals surface area contributed by atoms with Crippen molar-refractivity contribution in [1.29, 1.82) is 0 Å². The Balaban J connectivity index is 3.52. The van der Waals surface area contributed by atoms with Gasteiger partial charge in [-0.1, -0.05) is 6.92 Å². The molecular formula is C6H13O4. The topological polar surface area (TPSA) is 80.6 Å². The molecule has 4 heteroatoms. The van der Waals surface area contributed by atoms with Gasteiger partial charge >= 0.3 is 0 Å². The lowest BCUT2D eigenvalue weighted by molar-refractivity contribution is -0.340. The molecule has 0 aromatic carbocycles. The van der Waals surface area contributed by atoms with E-state index in [1.165, 1.54) is 6.92 Å². The zero-order valence-corrected chi connectivity index (χ0v) is 5.95. The summed E-state index contributed by atoms with van der Waals surface area (Å²) in [6.07, 6.45) is 0.678. The van der Waals surface area contributed by atoms with E-state index in [0.29, 0.717) is 12.8 Å². The van der Waals surface area contributed by atoms with Crippen molar-refractivity contribution in [3.05, 3.63) is 0 Å². The molecule has 0 saturated heterocycles. The summed E-state index contributed by atoms with van der Waals surface area (Å²) >= 11 is 0. The number of hydrogen-bond acceptors (Lipinski definition) is 3. The molecule has 0 aliphatic carbocycles. The van der Waals surface area contributed by atoms with Crippen LogP contribution in [0.2, 0.25) is 0 Å². The lowest BCUT2D eigenvalue weighted by atomic mass is 10.0. The summed E-state index contributed by atoms with van der Waals surface area (Å²) in [7, 11) is 0. The molecule has 0 saturated carbocycles. The minimum atomic E-state index is -2.63. The molecule has 10 heavy (non-hydrogen) atoms. The maximum absolute atomic E-state index is 9.92. The van der Waals surface area contributed by atoms with Crippen molar-refractivity contribution in [2.24, 2.45) is 5.92 Å². The van der Waals surface area contributed by atoms with Gasteiger partial charge in [-0.15, -0.1) is 0 Å². The summed E-state index contributed by atoms with van der Waals surface area (Å²) in [5.74, 6) is -3.30. The van der Waals surface area contributed by atoms with E-state index < -0.39 is 11.9 Å². The molecule has 1 unspecified atom stereocenters. The second kappa shape index (κ2) is 3.88. The third-order valence-corrected chi connectivity index (χ3v) is 1.44. The van der Waals surface area contributed by atoms with Gasteiger partial charge in [-0.2, -0.15) is 0 Å². The van der Waals surface area contributed by atoms with Crippen molar-refractivity contribution in [3.63, 3.8) is 0 Å². The van der Waals surface area contributed by atoms with Crippen molar-refractivity contribution >= 4 is 0 Å². The first-order valence-electron chi connectivity index (χ1n) is 3.23. The standard InChI is InChI=1S/C6H13O4/c1-5(3-2-4-7)6(8,9)10/h5,8-10H,2-4H2,1H3. The summed E-state index contributed by atoms with van der Waals surface area (Å²) < 4.78 is 0. The van der Waals surface area contributed by atoms with Gasteiger partial charge in [-0.05, 0) is 12.8 Å². The zero-order chi connectivity index (χ0) is 8.20. The predicted molar refractivity (Wildman–Crippen MR) is 33.3 cm³/mol. The van der Waals surface area contributed by atoms with Crippen LogP contribution in [0.1, 0.15) is 19.8 Å². The largest absolute Gasteiger partial charge is 0.343 e. The molecule has 0 aliphatic rings. The quantitative estimate of drug-likeness (QED) is 0.470. The monoisotopic (exact) mass is 149 g/mol. The maximum Gasteiger partial charge on any atom is 0.277 e. The first-order chi connectivity index (χ1) is 4.48. The molecule has 0 heterocycles. The first kappa shape index (κ1) is 9.84. The molecule has 0 fully saturated rings. The molecular weight excluding hydrogens is 136 g/mol. The van der Waals surface area contributed by atoms with Gasteiger partial charge in [0.2, 0.25) is 0 Å². The number of aliphatic hydroxyl groups is 3. The van der Waals surface area contributed by atoms with Crippen LogP contribution >= 0.6 is 0 Å². The Kier molecular flexibility index (Phi) is 3.81. The highest BCUT2D eigenvalue weighted by Crippen LogP contribution is 2.15. The van der Waals surface area contributed by atoms with Crippen LogP contribution in [0.15, 0.2) is 0 Å². The molecule has 0 aromatic rings. The Hall–Kier alpha value is -0.160. The van der Waals surface area contributed by atoms with Crippen LogP contribution in [0.4, 0.5) is 0 Å². The highest BCUT2D eigenvalue weighted by atomic mass is 16.7. The molecule has 0 aliphatic heterocycles. The third-order valence-electron chi connectivity index (χ3n) is 1.44. The smallest absolute Gasteiger partial charge is 0.277 e. The lowest BCUT2D eigenvalue weighted by Gasteiger charge is -2.21. The highest BCUT2D eigenvalue weighted by Gasteiger charge is 2.26. The molecule has 1 radical (unpaired) electrons. The zero-order valence-electron chi connectivity index (χ0n) is 5.95. The van der Waals surface area contributed by atoms with Crippen molar-refractivity contribution in [1.82, 2.24) is 0 Å². The number of hydrogen-bond donors (Lipinski definition) is 3. The Morgan fingerprint density at radius 2 is 1.90 bits per heavy atom. The number of rotatable bonds is 4. The van der Waals surface area contributed by atoms with E-state index in [2.05, 4.69) is 0 Å². The van der Waals surface area contributed by atoms with E-state index in [1.807, 2.05) is 0 Å². The van der Waals surface area contributed by atoms with Gasteiger partial charge < -0.3 is 15.3 Å². The highest BCUT2D eigenvalue weighted by molar-refractivity contribution is 4.59. The average Bonchev–Trinajstić information content (AvgIpc) is 1.80. The molecule has 61 valence electrons. The van der Waals surface area contributed by atoms with Crippen LogP contribution in [0.5, 0.6) is 0 Å². The van der Waals surface area contributed by atoms with Crippen molar-refractivity contribution in [3.8, 4) is 0 Å². The van der Waals surface area contributed by atoms with Crippen LogP contribution in [0.25, 0.3) is 0 Å². The minimum absolute atomic E-state index is 0.250. The molecule has 3 N–H and O–H groups in total. The van der Waals surface area contributed by atoms with E-state index in [-0.39, 0.29) is 6.61 Å². The Morgan fingerprint density at radius 1 is 1.40 bits per heavy atom. The van der Waals surface area contributed by atoms with Gasteiger partial charge in [0, 0.05) is 5.92 Å². The third kappa shape index (κ3) is 3.79. The predicted octanol–water partition coefficient (Wildman–Crippen LogP) is -0.536. The van der Waals surface area contributed by atoms with E-state index in [1.54, 1.807) is 0 Å². The molecule has 0 spiro atoms. The molecule has 0 bridgehead atoms. The summed E-state index contributed by atoms with van der Waals surface area (Å²) in [5, 5.41) is 35.5. The Morgan fingerprint density at radius 3 is 2.20 bits per heavy atom. The molecule has 0 aromatic heterocycles. The summed E-state index contributed by atoms with van der Waals surface area (Å²) in [4.78, 5) is 0. The van der Waals surface area contributed by atoms with Gasteiger partial charge in [-0.25, -0.2) is 5.11 Å². The van der Waals surface area contributed by atoms with E-state index >= 15 is 0 Å². The fourth-order valence-corrected chi connectivity index (χ4v) is 0.583. The van der Waals surface area contributed by atoms with Gasteiger partial charge in [0.05, 0.1) is 6.61 Å². The molecule has 1 atom stereocenters. The van der Waals surface area contributed by atoms with E-state index in [9.17, 15) is 5.11 Å². The van der Waals surface area contributed by atoms with Gasteiger partial charge in [0.15, 0.2) is 0 Å². The average molecular weight is 149 g/mol. The van der Waals surface area contributed by atoms with Crippen LogP contribution in [-0.2, 0) is 5.11 Å². The van der Waals surface area contributed by atoms with Crippen LogP contribution < -0.4 is 0 Å². The summed E-state index contributed by atoms with van der Waals surface area (Å²) in [5.41, 5.74) is 0. The van der Waals surface area contributed by atoms with Crippen LogP contribution in [-0.4, -0.2) is 27.9 Å². The lowest BCUT2D eigenvalue weighted by Crippen LogP contribution is -2.35. The second-order valence-corrected chi connectivity index (χ2v) is 2.43. The summed E-state index contributed by atoms with van der Waals surface area (Å²) in [6.45, 7) is 1.22. The fourth-order valence-electron chi connectivity index (χ4n) is 0.583. The van der Waals surface area contributed by atoms with Crippen molar-refractivity contribution in [2.45, 2.75) is 25.7 Å².